The number of alkyl halides is 3. The lowest BCUT2D eigenvalue weighted by molar-refractivity contribution is -0.186. The second-order valence-electron chi connectivity index (χ2n) is 5.57. The van der Waals surface area contributed by atoms with E-state index in [2.05, 4.69) is 21.2 Å². The number of ether oxygens (including phenoxy) is 1. The molecule has 0 aliphatic heterocycles. The van der Waals surface area contributed by atoms with Crippen molar-refractivity contribution in [3.05, 3.63) is 34.3 Å². The first-order valence-electron chi connectivity index (χ1n) is 6.26. The van der Waals surface area contributed by atoms with E-state index in [1.165, 1.54) is 0 Å². The first-order valence-corrected chi connectivity index (χ1v) is 7.05. The predicted molar refractivity (Wildman–Crippen MR) is 76.6 cm³/mol. The van der Waals surface area contributed by atoms with Crippen molar-refractivity contribution in [2.24, 2.45) is 0 Å². The first kappa shape index (κ1) is 17.5. The quantitative estimate of drug-likeness (QED) is 0.843. The number of benzene rings is 1. The van der Waals surface area contributed by atoms with Crippen molar-refractivity contribution in [2.45, 2.75) is 38.6 Å². The summed E-state index contributed by atoms with van der Waals surface area (Å²) in [5.41, 5.74) is 0.509. The number of hydrogen-bond acceptors (Lipinski definition) is 2. The fourth-order valence-corrected chi connectivity index (χ4v) is 2.13. The third-order valence-corrected chi connectivity index (χ3v) is 3.24. The summed E-state index contributed by atoms with van der Waals surface area (Å²) in [5, 5.41) is 3.17. The van der Waals surface area contributed by atoms with Crippen LogP contribution in [-0.2, 0) is 4.74 Å². The summed E-state index contributed by atoms with van der Waals surface area (Å²) >= 11 is 3.35. The summed E-state index contributed by atoms with van der Waals surface area (Å²) in [7, 11) is 0. The molecular weight excluding hydrogens is 335 g/mol. The first-order chi connectivity index (χ1) is 9.08. The maximum absolute atomic E-state index is 12.3. The Kier molecular flexibility index (Phi) is 6.04. The van der Waals surface area contributed by atoms with E-state index in [9.17, 15) is 13.2 Å². The highest BCUT2D eigenvalue weighted by atomic mass is 79.9. The van der Waals surface area contributed by atoms with E-state index >= 15 is 0 Å². The van der Waals surface area contributed by atoms with Crippen LogP contribution in [0.3, 0.4) is 0 Å². The smallest absolute Gasteiger partial charge is 0.363 e. The molecule has 1 atom stereocenters. The van der Waals surface area contributed by atoms with Gasteiger partial charge in [0, 0.05) is 16.6 Å². The molecule has 1 aromatic rings. The van der Waals surface area contributed by atoms with Crippen LogP contribution in [0.15, 0.2) is 28.7 Å². The highest BCUT2D eigenvalue weighted by Crippen LogP contribution is 2.28. The Balaban J connectivity index is 2.82. The van der Waals surface area contributed by atoms with Gasteiger partial charge in [-0.1, -0.05) is 34.1 Å². The van der Waals surface area contributed by atoms with Crippen LogP contribution in [0.5, 0.6) is 0 Å². The Morgan fingerprint density at radius 3 is 2.30 bits per heavy atom. The molecule has 0 heterocycles. The molecule has 0 amide bonds. The Morgan fingerprint density at radius 2 is 1.80 bits per heavy atom. The van der Waals surface area contributed by atoms with Crippen LogP contribution >= 0.6 is 15.9 Å². The van der Waals surface area contributed by atoms with Gasteiger partial charge in [-0.05, 0) is 32.4 Å². The van der Waals surface area contributed by atoms with Crippen LogP contribution in [0.2, 0.25) is 0 Å². The monoisotopic (exact) mass is 353 g/mol. The Labute approximate surface area is 125 Å². The molecule has 0 aromatic heterocycles. The van der Waals surface area contributed by atoms with Crippen molar-refractivity contribution >= 4 is 15.9 Å². The summed E-state index contributed by atoms with van der Waals surface area (Å²) in [6.07, 6.45) is -4.99. The predicted octanol–water partition coefficient (Wildman–Crippen LogP) is 4.46. The van der Waals surface area contributed by atoms with E-state index in [-0.39, 0.29) is 5.54 Å². The molecule has 2 nitrogen and oxygen atoms in total. The normalized spacial score (nSPS) is 14.3. The maximum Gasteiger partial charge on any atom is 0.411 e. The lowest BCUT2D eigenvalue weighted by atomic mass is 10.1. The molecular formula is C14H19BrF3NO. The summed E-state index contributed by atoms with van der Waals surface area (Å²) in [4.78, 5) is 0. The van der Waals surface area contributed by atoms with Crippen LogP contribution in [0.4, 0.5) is 13.2 Å². The fraction of sp³-hybridized carbons (Fsp3) is 0.571. The maximum atomic E-state index is 12.3. The van der Waals surface area contributed by atoms with E-state index < -0.39 is 18.9 Å². The molecule has 0 spiro atoms. The summed E-state index contributed by atoms with van der Waals surface area (Å²) in [5.74, 6) is 0. The lowest BCUT2D eigenvalue weighted by Crippen LogP contribution is -2.39. The van der Waals surface area contributed by atoms with Crippen LogP contribution in [-0.4, -0.2) is 24.9 Å². The van der Waals surface area contributed by atoms with Gasteiger partial charge in [-0.3, -0.25) is 0 Å². The van der Waals surface area contributed by atoms with Gasteiger partial charge in [-0.2, -0.15) is 13.2 Å². The van der Waals surface area contributed by atoms with Crippen molar-refractivity contribution in [1.29, 1.82) is 0 Å². The summed E-state index contributed by atoms with van der Waals surface area (Å²) in [6.45, 7) is 4.91. The molecule has 0 fully saturated rings. The molecule has 1 N–H and O–H groups in total. The van der Waals surface area contributed by atoms with Crippen LogP contribution in [0.25, 0.3) is 0 Å². The molecule has 0 aliphatic carbocycles. The molecule has 1 rings (SSSR count). The third-order valence-electron chi connectivity index (χ3n) is 2.52. The summed E-state index contributed by atoms with van der Waals surface area (Å²) in [6, 6.07) is 7.14. The molecule has 1 unspecified atom stereocenters. The number of hydrogen-bond donors (Lipinski definition) is 1. The zero-order valence-electron chi connectivity index (χ0n) is 11.7. The molecule has 0 aliphatic rings. The number of rotatable bonds is 5. The van der Waals surface area contributed by atoms with Crippen molar-refractivity contribution < 1.29 is 17.9 Å². The van der Waals surface area contributed by atoms with E-state index in [4.69, 9.17) is 4.74 Å². The number of halogens is 4. The standard InChI is InChI=1S/C14H19BrF3NO/c1-13(2,3)19-8-12(20-9-14(16,17)18)10-6-4-5-7-11(10)15/h4-7,12,19H,8-9H2,1-3H3. The van der Waals surface area contributed by atoms with Crippen LogP contribution in [0.1, 0.15) is 32.4 Å². The van der Waals surface area contributed by atoms with Gasteiger partial charge < -0.3 is 10.1 Å². The zero-order valence-corrected chi connectivity index (χ0v) is 13.3. The molecule has 0 saturated carbocycles. The van der Waals surface area contributed by atoms with Crippen molar-refractivity contribution in [1.82, 2.24) is 5.32 Å². The minimum Gasteiger partial charge on any atom is -0.363 e. The average molecular weight is 354 g/mol. The van der Waals surface area contributed by atoms with Gasteiger partial charge in [0.05, 0.1) is 6.10 Å². The highest BCUT2D eigenvalue weighted by molar-refractivity contribution is 9.10. The molecule has 0 radical (unpaired) electrons. The Bertz CT molecular complexity index is 411. The van der Waals surface area contributed by atoms with Crippen molar-refractivity contribution in [3.63, 3.8) is 0 Å². The van der Waals surface area contributed by atoms with Gasteiger partial charge in [0.25, 0.3) is 0 Å². The second-order valence-corrected chi connectivity index (χ2v) is 6.42. The van der Waals surface area contributed by atoms with Gasteiger partial charge in [0.15, 0.2) is 0 Å². The number of nitrogens with one attached hydrogen (secondary N) is 1. The van der Waals surface area contributed by atoms with Gasteiger partial charge in [0.1, 0.15) is 6.61 Å². The van der Waals surface area contributed by atoms with Crippen LogP contribution in [0, 0.1) is 0 Å². The topological polar surface area (TPSA) is 21.3 Å². The third kappa shape index (κ3) is 6.72. The van der Waals surface area contributed by atoms with Gasteiger partial charge in [0.2, 0.25) is 0 Å². The fourth-order valence-electron chi connectivity index (χ4n) is 1.59. The summed E-state index contributed by atoms with van der Waals surface area (Å²) < 4.78 is 42.8. The molecule has 114 valence electrons. The molecule has 0 saturated heterocycles. The molecule has 1 aromatic carbocycles. The molecule has 6 heteroatoms. The van der Waals surface area contributed by atoms with E-state index in [1.807, 2.05) is 26.8 Å². The molecule has 0 bridgehead atoms. The SMILES string of the molecule is CC(C)(C)NCC(OCC(F)(F)F)c1ccccc1Br. The average Bonchev–Trinajstić information content (AvgIpc) is 2.28. The van der Waals surface area contributed by atoms with E-state index in [0.717, 1.165) is 4.47 Å². The van der Waals surface area contributed by atoms with E-state index in [1.54, 1.807) is 18.2 Å². The van der Waals surface area contributed by atoms with Crippen molar-refractivity contribution in [2.75, 3.05) is 13.2 Å². The Morgan fingerprint density at radius 1 is 1.20 bits per heavy atom. The minimum atomic E-state index is -4.33. The zero-order chi connectivity index (χ0) is 15.4. The van der Waals surface area contributed by atoms with Crippen molar-refractivity contribution in [3.8, 4) is 0 Å². The second kappa shape index (κ2) is 6.91. The van der Waals surface area contributed by atoms with Gasteiger partial charge in [-0.25, -0.2) is 0 Å². The minimum absolute atomic E-state index is 0.193. The van der Waals surface area contributed by atoms with Crippen LogP contribution < -0.4 is 5.32 Å². The van der Waals surface area contributed by atoms with Gasteiger partial charge >= 0.3 is 6.18 Å². The molecule has 20 heavy (non-hydrogen) atoms. The largest absolute Gasteiger partial charge is 0.411 e. The van der Waals surface area contributed by atoms with E-state index in [0.29, 0.717) is 12.1 Å². The highest BCUT2D eigenvalue weighted by Gasteiger charge is 2.30. The van der Waals surface area contributed by atoms with Gasteiger partial charge in [-0.15, -0.1) is 0 Å². The Hall–Kier alpha value is -0.590. The lowest BCUT2D eigenvalue weighted by Gasteiger charge is -2.26.